The summed E-state index contributed by atoms with van der Waals surface area (Å²) >= 11 is 0. The van der Waals surface area contributed by atoms with Crippen LogP contribution in [0.2, 0.25) is 0 Å². The van der Waals surface area contributed by atoms with Gasteiger partial charge >= 0.3 is 5.97 Å². The standard InChI is InChI=1S/C17H27NO3/c1-7-18-17(6,15(19)20)11-21-14-10-12(2)8-9-13(14)16(3,4)5/h8-10,18H,7,11H2,1-6H3,(H,19,20). The molecule has 118 valence electrons. The van der Waals surface area contributed by atoms with Crippen molar-refractivity contribution in [2.24, 2.45) is 0 Å². The highest BCUT2D eigenvalue weighted by Crippen LogP contribution is 2.32. The molecule has 0 radical (unpaired) electrons. The number of hydrogen-bond donors (Lipinski definition) is 2. The molecule has 0 spiro atoms. The zero-order chi connectivity index (χ0) is 16.3. The number of aryl methyl sites for hydroxylation is 1. The molecule has 0 aromatic heterocycles. The second-order valence-electron chi connectivity index (χ2n) is 6.71. The van der Waals surface area contributed by atoms with Gasteiger partial charge in [0.25, 0.3) is 0 Å². The van der Waals surface area contributed by atoms with Gasteiger partial charge in [-0.25, -0.2) is 0 Å². The van der Waals surface area contributed by atoms with E-state index in [1.807, 2.05) is 26.0 Å². The monoisotopic (exact) mass is 293 g/mol. The number of carboxylic acids is 1. The van der Waals surface area contributed by atoms with Gasteiger partial charge in [0.2, 0.25) is 0 Å². The third-order valence-corrected chi connectivity index (χ3v) is 3.50. The van der Waals surface area contributed by atoms with Crippen molar-refractivity contribution < 1.29 is 14.6 Å². The van der Waals surface area contributed by atoms with Crippen molar-refractivity contribution in [1.82, 2.24) is 5.32 Å². The zero-order valence-corrected chi connectivity index (χ0v) is 13.9. The molecule has 0 bridgehead atoms. The number of hydrogen-bond acceptors (Lipinski definition) is 3. The van der Waals surface area contributed by atoms with E-state index < -0.39 is 11.5 Å². The fraction of sp³-hybridized carbons (Fsp3) is 0.588. The van der Waals surface area contributed by atoms with Gasteiger partial charge in [0, 0.05) is 0 Å². The van der Waals surface area contributed by atoms with Crippen LogP contribution < -0.4 is 10.1 Å². The van der Waals surface area contributed by atoms with Crippen LogP contribution >= 0.6 is 0 Å². The first-order chi connectivity index (χ1) is 9.60. The molecule has 0 saturated heterocycles. The second-order valence-corrected chi connectivity index (χ2v) is 6.71. The van der Waals surface area contributed by atoms with Gasteiger partial charge in [0.15, 0.2) is 0 Å². The molecular weight excluding hydrogens is 266 g/mol. The maximum Gasteiger partial charge on any atom is 0.327 e. The Morgan fingerprint density at radius 1 is 1.29 bits per heavy atom. The lowest BCUT2D eigenvalue weighted by molar-refractivity contribution is -0.145. The van der Waals surface area contributed by atoms with Gasteiger partial charge in [0.05, 0.1) is 0 Å². The number of likely N-dealkylation sites (N-methyl/N-ethyl adjacent to an activating group) is 1. The molecule has 0 amide bonds. The van der Waals surface area contributed by atoms with E-state index in [9.17, 15) is 9.90 Å². The average molecular weight is 293 g/mol. The maximum atomic E-state index is 11.4. The van der Waals surface area contributed by atoms with Crippen LogP contribution in [0.25, 0.3) is 0 Å². The van der Waals surface area contributed by atoms with Crippen LogP contribution in [-0.4, -0.2) is 29.8 Å². The van der Waals surface area contributed by atoms with Crippen LogP contribution in [0, 0.1) is 6.92 Å². The first kappa shape index (κ1) is 17.5. The fourth-order valence-corrected chi connectivity index (χ4v) is 2.17. The summed E-state index contributed by atoms with van der Waals surface area (Å²) in [7, 11) is 0. The van der Waals surface area contributed by atoms with Crippen molar-refractivity contribution in [1.29, 1.82) is 0 Å². The molecule has 0 aliphatic heterocycles. The van der Waals surface area contributed by atoms with Crippen molar-refractivity contribution in [3.8, 4) is 5.75 Å². The summed E-state index contributed by atoms with van der Waals surface area (Å²) in [5, 5.41) is 12.4. The number of aliphatic carboxylic acids is 1. The van der Waals surface area contributed by atoms with Gasteiger partial charge in [-0.15, -0.1) is 0 Å². The molecule has 4 heteroatoms. The number of rotatable bonds is 6. The molecule has 1 rings (SSSR count). The van der Waals surface area contributed by atoms with Gasteiger partial charge in [0.1, 0.15) is 17.9 Å². The van der Waals surface area contributed by atoms with Crippen molar-refractivity contribution in [2.45, 2.75) is 52.5 Å². The van der Waals surface area contributed by atoms with Crippen LogP contribution in [0.4, 0.5) is 0 Å². The van der Waals surface area contributed by atoms with E-state index in [-0.39, 0.29) is 12.0 Å². The summed E-state index contributed by atoms with van der Waals surface area (Å²) in [6.45, 7) is 12.5. The van der Waals surface area contributed by atoms with Crippen LogP contribution in [0.15, 0.2) is 18.2 Å². The van der Waals surface area contributed by atoms with Crippen molar-refractivity contribution in [3.63, 3.8) is 0 Å². The highest BCUT2D eigenvalue weighted by molar-refractivity contribution is 5.78. The van der Waals surface area contributed by atoms with Crippen LogP contribution in [0.5, 0.6) is 5.75 Å². The minimum Gasteiger partial charge on any atom is -0.491 e. The molecule has 4 nitrogen and oxygen atoms in total. The molecule has 21 heavy (non-hydrogen) atoms. The predicted molar refractivity (Wildman–Crippen MR) is 85.1 cm³/mol. The third kappa shape index (κ3) is 4.46. The summed E-state index contributed by atoms with van der Waals surface area (Å²) < 4.78 is 5.88. The van der Waals surface area contributed by atoms with Crippen LogP contribution in [0.1, 0.15) is 45.7 Å². The van der Waals surface area contributed by atoms with Gasteiger partial charge in [-0.3, -0.25) is 10.1 Å². The Morgan fingerprint density at radius 2 is 1.90 bits per heavy atom. The van der Waals surface area contributed by atoms with Gasteiger partial charge in [-0.05, 0) is 43.0 Å². The molecule has 1 aromatic rings. The zero-order valence-electron chi connectivity index (χ0n) is 13.9. The summed E-state index contributed by atoms with van der Waals surface area (Å²) in [5.74, 6) is -0.151. The first-order valence-electron chi connectivity index (χ1n) is 7.32. The van der Waals surface area contributed by atoms with Gasteiger partial charge in [-0.2, -0.15) is 0 Å². The number of nitrogens with one attached hydrogen (secondary N) is 1. The topological polar surface area (TPSA) is 58.6 Å². The number of carboxylic acid groups (broad SMARTS) is 1. The highest BCUT2D eigenvalue weighted by Gasteiger charge is 2.33. The molecule has 1 aromatic carbocycles. The lowest BCUT2D eigenvalue weighted by atomic mass is 9.86. The SMILES string of the molecule is CCNC(C)(COc1cc(C)ccc1C(C)(C)C)C(=O)O. The van der Waals surface area contributed by atoms with E-state index in [4.69, 9.17) is 4.74 Å². The molecule has 0 fully saturated rings. The Kier molecular flexibility index (Phi) is 5.40. The molecule has 2 N–H and O–H groups in total. The van der Waals surface area contributed by atoms with Crippen molar-refractivity contribution >= 4 is 5.97 Å². The Labute approximate surface area is 127 Å². The Morgan fingerprint density at radius 3 is 2.38 bits per heavy atom. The minimum atomic E-state index is -1.09. The molecule has 1 unspecified atom stereocenters. The fourth-order valence-electron chi connectivity index (χ4n) is 2.17. The van der Waals surface area contributed by atoms with E-state index >= 15 is 0 Å². The molecule has 0 heterocycles. The van der Waals surface area contributed by atoms with E-state index in [1.165, 1.54) is 0 Å². The number of carbonyl (C=O) groups is 1. The highest BCUT2D eigenvalue weighted by atomic mass is 16.5. The van der Waals surface area contributed by atoms with E-state index in [2.05, 4.69) is 32.2 Å². The second kappa shape index (κ2) is 6.48. The smallest absolute Gasteiger partial charge is 0.327 e. The minimum absolute atomic E-state index is 0.0547. The average Bonchev–Trinajstić information content (AvgIpc) is 2.35. The summed E-state index contributed by atoms with van der Waals surface area (Å²) in [6, 6.07) is 6.07. The lowest BCUT2D eigenvalue weighted by Crippen LogP contribution is -2.53. The predicted octanol–water partition coefficient (Wildman–Crippen LogP) is 3.12. The lowest BCUT2D eigenvalue weighted by Gasteiger charge is -2.28. The van der Waals surface area contributed by atoms with E-state index in [0.717, 1.165) is 16.9 Å². The van der Waals surface area contributed by atoms with Crippen molar-refractivity contribution in [3.05, 3.63) is 29.3 Å². The van der Waals surface area contributed by atoms with Crippen molar-refractivity contribution in [2.75, 3.05) is 13.2 Å². The largest absolute Gasteiger partial charge is 0.491 e. The molecule has 0 saturated carbocycles. The summed E-state index contributed by atoms with van der Waals surface area (Å²) in [6.07, 6.45) is 0. The Balaban J connectivity index is 3.02. The van der Waals surface area contributed by atoms with E-state index in [0.29, 0.717) is 6.54 Å². The third-order valence-electron chi connectivity index (χ3n) is 3.50. The summed E-state index contributed by atoms with van der Waals surface area (Å²) in [4.78, 5) is 11.4. The molecule has 1 atom stereocenters. The normalized spacial score (nSPS) is 14.6. The van der Waals surface area contributed by atoms with Crippen LogP contribution in [-0.2, 0) is 10.2 Å². The molecule has 0 aliphatic rings. The maximum absolute atomic E-state index is 11.4. The quantitative estimate of drug-likeness (QED) is 0.846. The molecular formula is C17H27NO3. The van der Waals surface area contributed by atoms with Crippen LogP contribution in [0.3, 0.4) is 0 Å². The summed E-state index contributed by atoms with van der Waals surface area (Å²) in [5.41, 5.74) is 1.03. The Bertz CT molecular complexity index is 505. The number of ether oxygens (including phenoxy) is 1. The Hall–Kier alpha value is -1.55. The molecule has 0 aliphatic carbocycles. The number of benzene rings is 1. The van der Waals surface area contributed by atoms with Gasteiger partial charge in [-0.1, -0.05) is 39.8 Å². The first-order valence-corrected chi connectivity index (χ1v) is 7.32. The van der Waals surface area contributed by atoms with E-state index in [1.54, 1.807) is 6.92 Å². The van der Waals surface area contributed by atoms with Gasteiger partial charge < -0.3 is 9.84 Å².